The van der Waals surface area contributed by atoms with Gasteiger partial charge in [0.25, 0.3) is 0 Å². The quantitative estimate of drug-likeness (QED) is 0.378. The van der Waals surface area contributed by atoms with Crippen molar-refractivity contribution in [3.63, 3.8) is 0 Å². The van der Waals surface area contributed by atoms with E-state index >= 15 is 0 Å². The van der Waals surface area contributed by atoms with Crippen LogP contribution in [-0.2, 0) is 9.59 Å². The molecule has 4 unspecified atom stereocenters. The standard InChI is InChI=1S/C16H32N2O6/c1-11(7-19)17(12(2)8-20)15(23)5-6-16(24)18(13(3)9-21)14(4)10-22/h11-14,19-22H,5-10H2,1-4H3. The van der Waals surface area contributed by atoms with E-state index in [-0.39, 0.29) is 51.1 Å². The van der Waals surface area contributed by atoms with Crippen LogP contribution in [0.3, 0.4) is 0 Å². The lowest BCUT2D eigenvalue weighted by atomic mass is 10.1. The third-order valence-corrected chi connectivity index (χ3v) is 4.09. The number of aliphatic hydroxyl groups excluding tert-OH is 4. The molecule has 0 aliphatic carbocycles. The minimum Gasteiger partial charge on any atom is -0.394 e. The molecule has 0 saturated heterocycles. The van der Waals surface area contributed by atoms with Gasteiger partial charge < -0.3 is 30.2 Å². The zero-order valence-corrected chi connectivity index (χ0v) is 15.1. The summed E-state index contributed by atoms with van der Waals surface area (Å²) in [6, 6.07) is -1.84. The maximum Gasteiger partial charge on any atom is 0.223 e. The van der Waals surface area contributed by atoms with Gasteiger partial charge in [0.1, 0.15) is 0 Å². The molecule has 142 valence electrons. The van der Waals surface area contributed by atoms with Gasteiger partial charge in [-0.25, -0.2) is 0 Å². The molecule has 24 heavy (non-hydrogen) atoms. The average Bonchev–Trinajstić information content (AvgIpc) is 2.59. The maximum absolute atomic E-state index is 12.4. The van der Waals surface area contributed by atoms with Crippen LogP contribution in [0.25, 0.3) is 0 Å². The lowest BCUT2D eigenvalue weighted by molar-refractivity contribution is -0.143. The van der Waals surface area contributed by atoms with Gasteiger partial charge >= 0.3 is 0 Å². The summed E-state index contributed by atoms with van der Waals surface area (Å²) in [6.45, 7) is 5.72. The molecule has 0 aromatic rings. The van der Waals surface area contributed by atoms with Crippen LogP contribution in [-0.4, -0.2) is 92.6 Å². The highest BCUT2D eigenvalue weighted by Gasteiger charge is 2.28. The van der Waals surface area contributed by atoms with Crippen LogP contribution in [0.5, 0.6) is 0 Å². The van der Waals surface area contributed by atoms with Crippen LogP contribution in [0.4, 0.5) is 0 Å². The van der Waals surface area contributed by atoms with Gasteiger partial charge in [-0.05, 0) is 27.7 Å². The number of aliphatic hydroxyl groups is 4. The van der Waals surface area contributed by atoms with E-state index in [9.17, 15) is 30.0 Å². The summed E-state index contributed by atoms with van der Waals surface area (Å²) in [4.78, 5) is 27.5. The number of hydrogen-bond acceptors (Lipinski definition) is 6. The largest absolute Gasteiger partial charge is 0.394 e. The van der Waals surface area contributed by atoms with E-state index in [1.54, 1.807) is 27.7 Å². The van der Waals surface area contributed by atoms with Gasteiger partial charge in [-0.2, -0.15) is 0 Å². The van der Waals surface area contributed by atoms with Gasteiger partial charge in [0.2, 0.25) is 11.8 Å². The summed E-state index contributed by atoms with van der Waals surface area (Å²) < 4.78 is 0. The molecule has 4 N–H and O–H groups in total. The molecule has 0 fully saturated rings. The van der Waals surface area contributed by atoms with Crippen molar-refractivity contribution in [2.75, 3.05) is 26.4 Å². The van der Waals surface area contributed by atoms with Crippen molar-refractivity contribution in [1.29, 1.82) is 0 Å². The van der Waals surface area contributed by atoms with Crippen molar-refractivity contribution in [2.24, 2.45) is 0 Å². The molecule has 0 radical (unpaired) electrons. The Morgan fingerprint density at radius 2 is 0.833 bits per heavy atom. The first-order valence-corrected chi connectivity index (χ1v) is 8.30. The Morgan fingerprint density at radius 3 is 1.00 bits per heavy atom. The molecule has 0 bridgehead atoms. The van der Waals surface area contributed by atoms with Gasteiger partial charge in [-0.1, -0.05) is 0 Å². The van der Waals surface area contributed by atoms with E-state index in [1.807, 2.05) is 0 Å². The van der Waals surface area contributed by atoms with Gasteiger partial charge in [0, 0.05) is 12.8 Å². The summed E-state index contributed by atoms with van der Waals surface area (Å²) >= 11 is 0. The van der Waals surface area contributed by atoms with Crippen LogP contribution < -0.4 is 0 Å². The van der Waals surface area contributed by atoms with E-state index in [0.717, 1.165) is 0 Å². The normalized spacial score (nSPS) is 16.2. The molecule has 4 atom stereocenters. The van der Waals surface area contributed by atoms with Crippen molar-refractivity contribution in [3.8, 4) is 0 Å². The molecular formula is C16H32N2O6. The SMILES string of the molecule is CC(CO)N(C(=O)CCC(=O)N(C(C)CO)C(C)CO)C(C)CO. The fourth-order valence-corrected chi connectivity index (χ4v) is 2.68. The molecule has 0 aliphatic rings. The van der Waals surface area contributed by atoms with Crippen molar-refractivity contribution >= 4 is 11.8 Å². The number of carbonyl (C=O) groups is 2. The molecule has 0 aromatic carbocycles. The summed E-state index contributed by atoms with van der Waals surface area (Å²) in [5.74, 6) is -0.667. The first-order valence-electron chi connectivity index (χ1n) is 8.30. The van der Waals surface area contributed by atoms with Crippen molar-refractivity contribution < 1.29 is 30.0 Å². The molecule has 8 nitrogen and oxygen atoms in total. The number of amides is 2. The minimum absolute atomic E-state index is 0.0691. The zero-order chi connectivity index (χ0) is 18.9. The average molecular weight is 348 g/mol. The monoisotopic (exact) mass is 348 g/mol. The van der Waals surface area contributed by atoms with E-state index in [2.05, 4.69) is 0 Å². The summed E-state index contributed by atoms with van der Waals surface area (Å²) in [5, 5.41) is 37.1. The highest BCUT2D eigenvalue weighted by Crippen LogP contribution is 2.13. The molecule has 0 aromatic heterocycles. The second-order valence-electron chi connectivity index (χ2n) is 6.23. The second-order valence-corrected chi connectivity index (χ2v) is 6.23. The summed E-state index contributed by atoms with van der Waals surface area (Å²) in [6.07, 6.45) is -0.138. The maximum atomic E-state index is 12.4. The first kappa shape index (κ1) is 22.8. The van der Waals surface area contributed by atoms with Crippen LogP contribution in [0.1, 0.15) is 40.5 Å². The lowest BCUT2D eigenvalue weighted by Crippen LogP contribution is -2.50. The fraction of sp³-hybridized carbons (Fsp3) is 0.875. The van der Waals surface area contributed by atoms with Crippen LogP contribution in [0.2, 0.25) is 0 Å². The van der Waals surface area contributed by atoms with Crippen molar-refractivity contribution in [3.05, 3.63) is 0 Å². The van der Waals surface area contributed by atoms with E-state index in [4.69, 9.17) is 0 Å². The third kappa shape index (κ3) is 6.35. The van der Waals surface area contributed by atoms with E-state index in [0.29, 0.717) is 0 Å². The van der Waals surface area contributed by atoms with Gasteiger partial charge in [0.05, 0.1) is 50.6 Å². The number of rotatable bonds is 11. The molecule has 0 rings (SSSR count). The molecule has 2 amide bonds. The molecule has 0 heterocycles. The second kappa shape index (κ2) is 11.4. The van der Waals surface area contributed by atoms with Crippen molar-refractivity contribution in [2.45, 2.75) is 64.7 Å². The Bertz CT molecular complexity index is 337. The topological polar surface area (TPSA) is 122 Å². The van der Waals surface area contributed by atoms with Gasteiger partial charge in [-0.3, -0.25) is 9.59 Å². The van der Waals surface area contributed by atoms with Crippen LogP contribution in [0, 0.1) is 0 Å². The predicted molar refractivity (Wildman–Crippen MR) is 89.1 cm³/mol. The smallest absolute Gasteiger partial charge is 0.223 e. The summed E-state index contributed by atoms with van der Waals surface area (Å²) in [7, 11) is 0. The third-order valence-electron chi connectivity index (χ3n) is 4.09. The number of hydrogen-bond donors (Lipinski definition) is 4. The molecule has 0 saturated carbocycles. The summed E-state index contributed by atoms with van der Waals surface area (Å²) in [5.41, 5.74) is 0. The predicted octanol–water partition coefficient (Wildman–Crippen LogP) is -1.05. The van der Waals surface area contributed by atoms with Crippen LogP contribution in [0.15, 0.2) is 0 Å². The molecule has 0 spiro atoms. The number of carbonyl (C=O) groups excluding carboxylic acids is 2. The Morgan fingerprint density at radius 1 is 0.625 bits per heavy atom. The first-order chi connectivity index (χ1) is 11.2. The molecular weight excluding hydrogens is 316 g/mol. The highest BCUT2D eigenvalue weighted by molar-refractivity contribution is 5.84. The van der Waals surface area contributed by atoms with Crippen LogP contribution >= 0.6 is 0 Å². The molecule has 0 aliphatic heterocycles. The van der Waals surface area contributed by atoms with Crippen molar-refractivity contribution in [1.82, 2.24) is 9.80 Å². The zero-order valence-electron chi connectivity index (χ0n) is 15.1. The Labute approximate surface area is 143 Å². The van der Waals surface area contributed by atoms with Gasteiger partial charge in [0.15, 0.2) is 0 Å². The van der Waals surface area contributed by atoms with E-state index in [1.165, 1.54) is 9.80 Å². The Balaban J connectivity index is 4.93. The number of nitrogens with zero attached hydrogens (tertiary/aromatic N) is 2. The van der Waals surface area contributed by atoms with Gasteiger partial charge in [-0.15, -0.1) is 0 Å². The van der Waals surface area contributed by atoms with E-state index < -0.39 is 24.2 Å². The minimum atomic E-state index is -0.460. The lowest BCUT2D eigenvalue weighted by Gasteiger charge is -2.35. The fourth-order valence-electron chi connectivity index (χ4n) is 2.68. The Kier molecular flexibility index (Phi) is 10.8. The Hall–Kier alpha value is -1.22. The highest BCUT2D eigenvalue weighted by atomic mass is 16.3. The molecule has 8 heteroatoms.